The van der Waals surface area contributed by atoms with Gasteiger partial charge in [0.15, 0.2) is 0 Å². The van der Waals surface area contributed by atoms with E-state index in [1.165, 1.54) is 0 Å². The summed E-state index contributed by atoms with van der Waals surface area (Å²) >= 11 is 6.74. The molecular formula is C19H23ClN8O. The number of methoxy groups -OCH3 is 1. The van der Waals surface area contributed by atoms with Gasteiger partial charge in [0, 0.05) is 18.8 Å². The van der Waals surface area contributed by atoms with Crippen LogP contribution in [0, 0.1) is 6.92 Å². The predicted molar refractivity (Wildman–Crippen MR) is 112 cm³/mol. The van der Waals surface area contributed by atoms with Crippen molar-refractivity contribution in [2.45, 2.75) is 25.8 Å². The third kappa shape index (κ3) is 3.96. The van der Waals surface area contributed by atoms with E-state index in [0.717, 1.165) is 36.6 Å². The summed E-state index contributed by atoms with van der Waals surface area (Å²) in [7, 11) is 3.41. The summed E-state index contributed by atoms with van der Waals surface area (Å²) in [5, 5.41) is 18.7. The van der Waals surface area contributed by atoms with E-state index in [2.05, 4.69) is 36.2 Å². The maximum Gasteiger partial charge on any atom is 0.229 e. The van der Waals surface area contributed by atoms with Gasteiger partial charge in [-0.3, -0.25) is 0 Å². The van der Waals surface area contributed by atoms with Crippen LogP contribution < -0.4 is 20.7 Å². The van der Waals surface area contributed by atoms with Crippen molar-refractivity contribution in [1.29, 1.82) is 0 Å². The Hall–Kier alpha value is -2.91. The SMILES string of the molecule is CNc1cc(C)nc(Nc2ccc(OC)c(-n3cc([C@H]4CCCN4)nn3)c2Cl)n1. The summed E-state index contributed by atoms with van der Waals surface area (Å²) in [5.74, 6) is 1.76. The molecule has 1 aliphatic heterocycles. The van der Waals surface area contributed by atoms with E-state index >= 15 is 0 Å². The van der Waals surface area contributed by atoms with Gasteiger partial charge < -0.3 is 20.7 Å². The van der Waals surface area contributed by atoms with Crippen molar-refractivity contribution in [1.82, 2.24) is 30.3 Å². The van der Waals surface area contributed by atoms with Crippen molar-refractivity contribution in [3.8, 4) is 11.4 Å². The molecule has 1 fully saturated rings. The number of rotatable bonds is 6. The molecule has 0 spiro atoms. The number of anilines is 3. The van der Waals surface area contributed by atoms with Crippen LogP contribution in [0.4, 0.5) is 17.5 Å². The molecule has 0 unspecified atom stereocenters. The maximum atomic E-state index is 6.74. The molecule has 1 aromatic carbocycles. The molecule has 1 atom stereocenters. The molecule has 3 heterocycles. The van der Waals surface area contributed by atoms with Crippen molar-refractivity contribution in [2.24, 2.45) is 0 Å². The molecule has 152 valence electrons. The van der Waals surface area contributed by atoms with Crippen LogP contribution in [-0.2, 0) is 0 Å². The minimum absolute atomic E-state index is 0.218. The van der Waals surface area contributed by atoms with Gasteiger partial charge in [0.2, 0.25) is 5.95 Å². The molecule has 4 rings (SSSR count). The Kier molecular flexibility index (Phi) is 5.50. The lowest BCUT2D eigenvalue weighted by molar-refractivity contribution is 0.411. The fourth-order valence-electron chi connectivity index (χ4n) is 3.38. The lowest BCUT2D eigenvalue weighted by Crippen LogP contribution is -2.13. The van der Waals surface area contributed by atoms with Gasteiger partial charge in [0.25, 0.3) is 0 Å². The third-order valence-electron chi connectivity index (χ3n) is 4.81. The van der Waals surface area contributed by atoms with Gasteiger partial charge in [0.05, 0.1) is 30.1 Å². The van der Waals surface area contributed by atoms with E-state index in [9.17, 15) is 0 Å². The Balaban J connectivity index is 1.70. The molecule has 9 nitrogen and oxygen atoms in total. The quantitative estimate of drug-likeness (QED) is 0.565. The van der Waals surface area contributed by atoms with Crippen molar-refractivity contribution >= 4 is 29.1 Å². The van der Waals surface area contributed by atoms with Crippen LogP contribution in [0.5, 0.6) is 5.75 Å². The third-order valence-corrected chi connectivity index (χ3v) is 5.20. The topological polar surface area (TPSA) is 102 Å². The molecule has 1 saturated heterocycles. The Morgan fingerprint density at radius 1 is 1.31 bits per heavy atom. The summed E-state index contributed by atoms with van der Waals surface area (Å²) in [6, 6.07) is 5.73. The number of nitrogens with one attached hydrogen (secondary N) is 3. The van der Waals surface area contributed by atoms with Gasteiger partial charge in [-0.1, -0.05) is 16.8 Å². The molecule has 0 amide bonds. The molecule has 0 aliphatic carbocycles. The van der Waals surface area contributed by atoms with E-state index in [4.69, 9.17) is 16.3 Å². The van der Waals surface area contributed by atoms with Crippen LogP contribution >= 0.6 is 11.6 Å². The molecule has 29 heavy (non-hydrogen) atoms. The minimum Gasteiger partial charge on any atom is -0.494 e. The molecule has 0 radical (unpaired) electrons. The highest BCUT2D eigenvalue weighted by Crippen LogP contribution is 2.37. The second-order valence-corrected chi connectivity index (χ2v) is 7.19. The number of hydrogen-bond donors (Lipinski definition) is 3. The van der Waals surface area contributed by atoms with Crippen molar-refractivity contribution in [3.63, 3.8) is 0 Å². The zero-order valence-electron chi connectivity index (χ0n) is 16.5. The average Bonchev–Trinajstić information content (AvgIpc) is 3.40. The Morgan fingerprint density at radius 2 is 2.17 bits per heavy atom. The summed E-state index contributed by atoms with van der Waals surface area (Å²) in [4.78, 5) is 8.85. The highest BCUT2D eigenvalue weighted by atomic mass is 35.5. The van der Waals surface area contributed by atoms with Crippen LogP contribution in [0.25, 0.3) is 5.69 Å². The van der Waals surface area contributed by atoms with E-state index in [-0.39, 0.29) is 6.04 Å². The molecule has 10 heteroatoms. The van der Waals surface area contributed by atoms with Gasteiger partial charge >= 0.3 is 0 Å². The van der Waals surface area contributed by atoms with Crippen LogP contribution in [-0.4, -0.2) is 45.7 Å². The fraction of sp³-hybridized carbons (Fsp3) is 0.368. The molecule has 0 saturated carbocycles. The number of hydrogen-bond acceptors (Lipinski definition) is 8. The molecule has 1 aliphatic rings. The lowest BCUT2D eigenvalue weighted by Gasteiger charge is -2.15. The number of aromatic nitrogens is 5. The number of nitrogens with zero attached hydrogens (tertiary/aromatic N) is 5. The van der Waals surface area contributed by atoms with E-state index in [1.54, 1.807) is 11.8 Å². The number of aryl methyl sites for hydroxylation is 1. The summed E-state index contributed by atoms with van der Waals surface area (Å²) < 4.78 is 7.17. The smallest absolute Gasteiger partial charge is 0.229 e. The fourth-order valence-corrected chi connectivity index (χ4v) is 3.67. The number of halogens is 1. The Morgan fingerprint density at radius 3 is 2.90 bits per heavy atom. The maximum absolute atomic E-state index is 6.74. The first-order chi connectivity index (χ1) is 14.1. The first-order valence-corrected chi connectivity index (χ1v) is 9.80. The minimum atomic E-state index is 0.218. The van der Waals surface area contributed by atoms with Crippen LogP contribution in [0.15, 0.2) is 24.4 Å². The monoisotopic (exact) mass is 414 g/mol. The molecular weight excluding hydrogens is 392 g/mol. The second kappa shape index (κ2) is 8.22. The van der Waals surface area contributed by atoms with Gasteiger partial charge in [-0.2, -0.15) is 4.98 Å². The zero-order chi connectivity index (χ0) is 20.4. The highest BCUT2D eigenvalue weighted by molar-refractivity contribution is 6.35. The Bertz CT molecular complexity index is 1020. The lowest BCUT2D eigenvalue weighted by atomic mass is 10.2. The van der Waals surface area contributed by atoms with Gasteiger partial charge in [-0.05, 0) is 38.4 Å². The van der Waals surface area contributed by atoms with E-state index in [1.807, 2.05) is 38.4 Å². The van der Waals surface area contributed by atoms with Gasteiger partial charge in [0.1, 0.15) is 22.9 Å². The van der Waals surface area contributed by atoms with Crippen molar-refractivity contribution in [2.75, 3.05) is 31.3 Å². The summed E-state index contributed by atoms with van der Waals surface area (Å²) in [6.07, 6.45) is 4.06. The van der Waals surface area contributed by atoms with E-state index in [0.29, 0.717) is 28.1 Å². The largest absolute Gasteiger partial charge is 0.494 e. The normalized spacial score (nSPS) is 16.1. The number of ether oxygens (including phenoxy) is 1. The molecule has 3 aromatic rings. The Labute approximate surface area is 173 Å². The zero-order valence-corrected chi connectivity index (χ0v) is 17.3. The second-order valence-electron chi connectivity index (χ2n) is 6.81. The first kappa shape index (κ1) is 19.4. The van der Waals surface area contributed by atoms with Gasteiger partial charge in [-0.15, -0.1) is 5.10 Å². The molecule has 2 aromatic heterocycles. The number of benzene rings is 1. The first-order valence-electron chi connectivity index (χ1n) is 9.42. The highest BCUT2D eigenvalue weighted by Gasteiger charge is 2.22. The van der Waals surface area contributed by atoms with Crippen LogP contribution in [0.3, 0.4) is 0 Å². The van der Waals surface area contributed by atoms with Crippen molar-refractivity contribution < 1.29 is 4.74 Å². The van der Waals surface area contributed by atoms with Crippen molar-refractivity contribution in [3.05, 3.63) is 40.8 Å². The predicted octanol–water partition coefficient (Wildman–Crippen LogP) is 3.24. The molecule has 3 N–H and O–H groups in total. The van der Waals surface area contributed by atoms with Gasteiger partial charge in [-0.25, -0.2) is 9.67 Å². The summed E-state index contributed by atoms with van der Waals surface area (Å²) in [5.41, 5.74) is 2.98. The average molecular weight is 415 g/mol. The summed E-state index contributed by atoms with van der Waals surface area (Å²) in [6.45, 7) is 2.90. The standard InChI is InChI=1S/C19H23ClN8O/c1-11-9-16(21-2)25-19(23-11)24-13-6-7-15(29-3)18(17(13)20)28-10-14(26-27-28)12-5-4-8-22-12/h6-7,9-10,12,22H,4-5,8H2,1-3H3,(H2,21,23,24,25)/t12-/m1/s1. The van der Waals surface area contributed by atoms with Crippen LogP contribution in [0.1, 0.15) is 30.3 Å². The van der Waals surface area contributed by atoms with Crippen LogP contribution in [0.2, 0.25) is 5.02 Å². The van der Waals surface area contributed by atoms with E-state index < -0.39 is 0 Å². The molecule has 0 bridgehead atoms.